The number of carbonyl (C=O) groups excluding carboxylic acids is 12. The van der Waals surface area contributed by atoms with Crippen molar-refractivity contribution in [3.63, 3.8) is 0 Å². The van der Waals surface area contributed by atoms with Gasteiger partial charge in [-0.25, -0.2) is 0 Å². The number of H-pyrrole nitrogens is 1. The van der Waals surface area contributed by atoms with Crippen molar-refractivity contribution in [1.82, 2.24) is 52.0 Å². The number of aromatic amines is 1. The third-order valence-corrected chi connectivity index (χ3v) is 18.7. The number of benzene rings is 1. The zero-order valence-electron chi connectivity index (χ0n) is 53.9. The zero-order chi connectivity index (χ0) is 69.9. The molecular weight excluding hydrogens is 1290 g/mol. The summed E-state index contributed by atoms with van der Waals surface area (Å²) in [4.78, 5) is 165. The smallest absolute Gasteiger partial charge is 0.248 e. The van der Waals surface area contributed by atoms with E-state index in [2.05, 4.69) is 42.2 Å². The molecule has 2 aromatic rings. The maximum atomic E-state index is 15.2. The van der Waals surface area contributed by atoms with Crippen molar-refractivity contribution in [3.05, 3.63) is 23.3 Å². The van der Waals surface area contributed by atoms with Gasteiger partial charge < -0.3 is 102 Å². The molecule has 33 nitrogen and oxygen atoms in total. The molecule has 0 saturated carbocycles. The molecule has 1 unspecified atom stereocenters. The van der Waals surface area contributed by atoms with Crippen LogP contribution in [-0.4, -0.2) is 256 Å². The van der Waals surface area contributed by atoms with Crippen LogP contribution in [0.4, 0.5) is 0 Å². The minimum absolute atomic E-state index is 0.0421. The van der Waals surface area contributed by atoms with Crippen LogP contribution in [0.1, 0.15) is 96.6 Å². The first-order valence-corrected chi connectivity index (χ1v) is 34.1. The zero-order valence-corrected chi connectivity index (χ0v) is 55.5. The van der Waals surface area contributed by atoms with Crippen LogP contribution in [0.5, 0.6) is 5.75 Å². The summed E-state index contributed by atoms with van der Waals surface area (Å²) in [5, 5.41) is 60.7. The molecule has 3 aliphatic heterocycles. The normalized spacial score (nSPS) is 21.9. The standard InChI is InChI=1S/C60H92N12O21S2/c1-5-33(3)51(68-46(78)6-2)57(86)64-28-48(80)65-41-32-95(89)59-37(26-39(54(62)83)66-58(87)52(34(4)44(76)30-73)69-56(85)42-25-35(74)29-72(42)60(88)40(27-45(61)77)67-55(41)84)36-9-10-43(75)38(53(36)70-59)31-94-24-8-7-14-63-47(79)13-16-90-18-20-92-22-23-93-21-19-91-17-15-71-49(81)11-12-50(71)82/h9-10,33-35,39-42,44,51-52,70,73-76H,5-8,11-32H2,1-4H3,(H2,61,77)(H2,62,83)(H,63,79)(H,64,86)(H,65,80)(H,66,87)(H,67,84)(H,68,78)(H,69,85)/t33-,34-,35+,39-,40-,41-,42-,44-,51-,52-,95?/m0/s1. The Morgan fingerprint density at radius 1 is 0.832 bits per heavy atom. The molecule has 0 bridgehead atoms. The summed E-state index contributed by atoms with van der Waals surface area (Å²) in [6, 6.07) is -7.23. The summed E-state index contributed by atoms with van der Waals surface area (Å²) in [5.74, 6) is -11.8. The first-order chi connectivity index (χ1) is 45.3. The molecule has 1 aromatic heterocycles. The van der Waals surface area contributed by atoms with Gasteiger partial charge in [-0.3, -0.25) is 62.4 Å². The number of ether oxygens (including phenoxy) is 4. The van der Waals surface area contributed by atoms with Crippen LogP contribution in [0.15, 0.2) is 17.2 Å². The number of aromatic hydroxyl groups is 1. The Labute approximate surface area is 556 Å². The molecule has 530 valence electrons. The molecule has 0 aliphatic carbocycles. The number of nitrogens with zero attached hydrogens (tertiary/aromatic N) is 2. The first-order valence-electron chi connectivity index (χ1n) is 31.6. The van der Waals surface area contributed by atoms with E-state index in [0.717, 1.165) is 4.90 Å². The van der Waals surface area contributed by atoms with Crippen LogP contribution in [0, 0.1) is 11.8 Å². The van der Waals surface area contributed by atoms with Crippen molar-refractivity contribution >= 4 is 105 Å². The minimum Gasteiger partial charge on any atom is -0.610 e. The summed E-state index contributed by atoms with van der Waals surface area (Å²) < 4.78 is 37.0. The average molecular weight is 1380 g/mol. The average Bonchev–Trinajstić information content (AvgIpc) is 1.63. The van der Waals surface area contributed by atoms with E-state index >= 15 is 4.55 Å². The van der Waals surface area contributed by atoms with Gasteiger partial charge in [-0.15, -0.1) is 0 Å². The van der Waals surface area contributed by atoms with Gasteiger partial charge in [0.05, 0.1) is 96.7 Å². The molecule has 16 N–H and O–H groups in total. The summed E-state index contributed by atoms with van der Waals surface area (Å²) in [6.07, 6.45) is -2.70. The van der Waals surface area contributed by atoms with Crippen LogP contribution >= 0.6 is 11.8 Å². The van der Waals surface area contributed by atoms with Gasteiger partial charge in [0, 0.05) is 91.0 Å². The first kappa shape index (κ1) is 78.5. The topological polar surface area (TPSA) is 504 Å². The van der Waals surface area contributed by atoms with E-state index in [9.17, 15) is 78.0 Å². The van der Waals surface area contributed by atoms with Gasteiger partial charge in [-0.2, -0.15) is 11.8 Å². The second-order valence-corrected chi connectivity index (χ2v) is 25.7. The molecule has 2 fully saturated rings. The molecular formula is C60H92N12O21S2. The lowest BCUT2D eigenvalue weighted by molar-refractivity contribution is -0.144. The number of carbonyl (C=O) groups is 12. The van der Waals surface area contributed by atoms with Gasteiger partial charge in [0.2, 0.25) is 75.9 Å². The van der Waals surface area contributed by atoms with E-state index in [4.69, 9.17) is 30.4 Å². The fourth-order valence-corrected chi connectivity index (χ4v) is 13.0. The Kier molecular flexibility index (Phi) is 32.8. The van der Waals surface area contributed by atoms with Gasteiger partial charge >= 0.3 is 0 Å². The molecule has 1 aromatic carbocycles. The van der Waals surface area contributed by atoms with Crippen LogP contribution in [0.2, 0.25) is 0 Å². The summed E-state index contributed by atoms with van der Waals surface area (Å²) >= 11 is -1.11. The molecule has 0 spiro atoms. The van der Waals surface area contributed by atoms with E-state index in [-0.39, 0.29) is 115 Å². The third-order valence-electron chi connectivity index (χ3n) is 16.2. The number of rotatable bonds is 36. The quantitative estimate of drug-likeness (QED) is 0.0174. The van der Waals surface area contributed by atoms with Crippen molar-refractivity contribution in [2.45, 2.75) is 151 Å². The highest BCUT2D eigenvalue weighted by Crippen LogP contribution is 2.36. The SMILES string of the molecule is CCC(=O)N[C@H](C(=O)NCC(=O)N[C@H]1C[S+]([O-])c2[nH]c3c(CSCCCCNC(=O)CCOCCOCCOCCOCCN4C(=O)CCC4=O)c(O)ccc3c2C[C@@H](C(N)=O)NC(=O)[C@H]([C@@H](C)[C@@H](O)CO)NC(=O)[C@@H]2C[C@@H](O)CN2C(=O)[C@H](CC(N)=O)NC1=O)[C@@H](C)CC. The highest BCUT2D eigenvalue weighted by Gasteiger charge is 2.45. The van der Waals surface area contributed by atoms with Crippen LogP contribution in [0.25, 0.3) is 10.9 Å². The fourth-order valence-electron chi connectivity index (χ4n) is 10.5. The maximum Gasteiger partial charge on any atom is 0.248 e. The van der Waals surface area contributed by atoms with E-state index < -0.39 is 169 Å². The number of nitrogens with two attached hydrogens (primary N) is 2. The molecule has 12 amide bonds. The van der Waals surface area contributed by atoms with E-state index in [1.54, 1.807) is 20.8 Å². The Morgan fingerprint density at radius 3 is 2.11 bits per heavy atom. The lowest BCUT2D eigenvalue weighted by Crippen LogP contribution is -2.61. The highest BCUT2D eigenvalue weighted by atomic mass is 32.2. The number of thioether (sulfide) groups is 1. The predicted octanol–water partition coefficient (Wildman–Crippen LogP) is -4.42. The predicted molar refractivity (Wildman–Crippen MR) is 341 cm³/mol. The van der Waals surface area contributed by atoms with E-state index in [1.807, 2.05) is 0 Å². The molecule has 5 rings (SSSR count). The lowest BCUT2D eigenvalue weighted by atomic mass is 9.94. The number of amides is 12. The highest BCUT2D eigenvalue weighted by molar-refractivity contribution is 7.98. The number of aliphatic hydroxyl groups excluding tert-OH is 3. The number of likely N-dealkylation sites (tertiary alicyclic amines) is 1. The number of aliphatic hydroxyl groups is 3. The van der Waals surface area contributed by atoms with Gasteiger partial charge in [-0.05, 0) is 36.6 Å². The van der Waals surface area contributed by atoms with E-state index in [0.29, 0.717) is 58.0 Å². The van der Waals surface area contributed by atoms with Gasteiger partial charge in [0.25, 0.3) is 0 Å². The number of imide groups is 1. The maximum absolute atomic E-state index is 15.2. The number of primary amides is 2. The largest absolute Gasteiger partial charge is 0.610 e. The summed E-state index contributed by atoms with van der Waals surface area (Å²) in [7, 11) is 0. The summed E-state index contributed by atoms with van der Waals surface area (Å²) in [5.41, 5.74) is 12.0. The number of phenols is 1. The van der Waals surface area contributed by atoms with Crippen molar-refractivity contribution in [2.24, 2.45) is 23.3 Å². The fraction of sp³-hybridized carbons (Fsp3) is 0.667. The van der Waals surface area contributed by atoms with Crippen molar-refractivity contribution in [2.75, 3.05) is 97.1 Å². The summed E-state index contributed by atoms with van der Waals surface area (Å²) in [6.45, 7) is 6.85. The Bertz CT molecular complexity index is 2980. The van der Waals surface area contributed by atoms with Gasteiger partial charge in [-0.1, -0.05) is 34.1 Å². The molecule has 4 heterocycles. The number of fused-ring (bicyclic) bond motifs is 4. The number of hydrogen-bond acceptors (Lipinski definition) is 22. The Hall–Kier alpha value is -7.22. The second-order valence-electron chi connectivity index (χ2n) is 23.2. The molecule has 3 aliphatic rings. The van der Waals surface area contributed by atoms with Gasteiger partial charge in [0.15, 0.2) is 6.04 Å². The number of unbranched alkanes of at least 4 members (excludes halogenated alkanes) is 1. The molecule has 0 radical (unpaired) electrons. The van der Waals surface area contributed by atoms with Crippen molar-refractivity contribution in [3.8, 4) is 5.75 Å². The molecule has 35 heteroatoms. The number of hydrogen-bond donors (Lipinski definition) is 14. The van der Waals surface area contributed by atoms with Crippen molar-refractivity contribution < 1.29 is 101 Å². The molecule has 2 saturated heterocycles. The number of phenolic OH excluding ortho intramolecular Hbond substituents is 1. The molecule has 11 atom stereocenters. The monoisotopic (exact) mass is 1380 g/mol. The van der Waals surface area contributed by atoms with Crippen molar-refractivity contribution in [1.29, 1.82) is 0 Å². The van der Waals surface area contributed by atoms with Gasteiger partial charge in [0.1, 0.15) is 41.7 Å². The van der Waals surface area contributed by atoms with Crippen LogP contribution < -0.4 is 48.7 Å². The Morgan fingerprint density at radius 2 is 1.48 bits per heavy atom. The third kappa shape index (κ3) is 24.1. The minimum atomic E-state index is -2.50. The molecule has 95 heavy (non-hydrogen) atoms. The number of nitrogens with one attached hydrogen (secondary N) is 8. The van der Waals surface area contributed by atoms with E-state index in [1.165, 1.54) is 35.7 Å². The lowest BCUT2D eigenvalue weighted by Gasteiger charge is -2.32. The Balaban J connectivity index is 1.31. The van der Waals surface area contributed by atoms with Crippen LogP contribution in [-0.2, 0) is 99.8 Å². The second kappa shape index (κ2) is 39.7. The number of aromatic nitrogens is 1. The van der Waals surface area contributed by atoms with Crippen LogP contribution in [0.3, 0.4) is 0 Å².